The van der Waals surface area contributed by atoms with Gasteiger partial charge >= 0.3 is 6.03 Å². The molecule has 1 atom stereocenters. The van der Waals surface area contributed by atoms with Crippen LogP contribution in [0.4, 0.5) is 10.5 Å². The number of hydrogen-bond donors (Lipinski definition) is 2. The van der Waals surface area contributed by atoms with Gasteiger partial charge in [0.2, 0.25) is 5.91 Å². The molecule has 0 saturated carbocycles. The Labute approximate surface area is 187 Å². The summed E-state index contributed by atoms with van der Waals surface area (Å²) < 4.78 is 11.1. The van der Waals surface area contributed by atoms with Gasteiger partial charge in [-0.25, -0.2) is 4.79 Å². The summed E-state index contributed by atoms with van der Waals surface area (Å²) in [5, 5.41) is 5.39. The first-order valence-electron chi connectivity index (χ1n) is 10.3. The molecule has 0 aliphatic carbocycles. The van der Waals surface area contributed by atoms with Crippen LogP contribution in [-0.2, 0) is 15.1 Å². The van der Waals surface area contributed by atoms with Gasteiger partial charge in [0.15, 0.2) is 0 Å². The molecule has 8 heteroatoms. The molecule has 1 saturated heterocycles. The summed E-state index contributed by atoms with van der Waals surface area (Å²) in [5.41, 5.74) is 0.660. The van der Waals surface area contributed by atoms with Crippen molar-refractivity contribution >= 4 is 23.5 Å². The van der Waals surface area contributed by atoms with E-state index in [1.165, 1.54) is 0 Å². The number of benzene rings is 2. The van der Waals surface area contributed by atoms with E-state index in [9.17, 15) is 14.4 Å². The van der Waals surface area contributed by atoms with Crippen LogP contribution in [0.1, 0.15) is 26.3 Å². The molecular weight excluding hydrogens is 410 g/mol. The van der Waals surface area contributed by atoms with Crippen molar-refractivity contribution in [1.29, 1.82) is 0 Å². The van der Waals surface area contributed by atoms with Crippen LogP contribution in [0.5, 0.6) is 11.5 Å². The molecule has 3 rings (SSSR count). The van der Waals surface area contributed by atoms with Crippen molar-refractivity contribution in [2.75, 3.05) is 25.1 Å². The lowest BCUT2D eigenvalue weighted by molar-refractivity contribution is -0.133. The number of hydrogen-bond acceptors (Lipinski definition) is 5. The molecule has 1 aliphatic heterocycles. The maximum atomic E-state index is 13.1. The van der Waals surface area contributed by atoms with Gasteiger partial charge in [0.25, 0.3) is 5.91 Å². The van der Waals surface area contributed by atoms with Crippen LogP contribution in [0.15, 0.2) is 60.7 Å². The first kappa shape index (κ1) is 22.9. The van der Waals surface area contributed by atoms with Gasteiger partial charge in [-0.05, 0) is 56.2 Å². The number of nitrogens with one attached hydrogen (secondary N) is 2. The third-order valence-corrected chi connectivity index (χ3v) is 4.95. The fourth-order valence-electron chi connectivity index (χ4n) is 3.31. The van der Waals surface area contributed by atoms with Crippen LogP contribution in [-0.4, -0.2) is 42.5 Å². The van der Waals surface area contributed by atoms with Crippen LogP contribution in [0.3, 0.4) is 0 Å². The van der Waals surface area contributed by atoms with Gasteiger partial charge in [-0.1, -0.05) is 30.8 Å². The standard InChI is InChI=1S/C24H27N3O5/c1-5-31-20-9-7-6-8-19(20)25-21(28)14-27-22(29)24(4,26-23(27)30)17-10-12-18(13-11-17)32-15-16(2)3/h6-13H,2,5,14-15H2,1,3-4H3,(H,25,28)(H,26,30). The largest absolute Gasteiger partial charge is 0.492 e. The predicted molar refractivity (Wildman–Crippen MR) is 121 cm³/mol. The summed E-state index contributed by atoms with van der Waals surface area (Å²) in [6.45, 7) is 9.52. The lowest BCUT2D eigenvalue weighted by Crippen LogP contribution is -2.42. The number of amides is 4. The summed E-state index contributed by atoms with van der Waals surface area (Å²) in [5.74, 6) is 0.125. The molecule has 4 amide bonds. The highest BCUT2D eigenvalue weighted by Gasteiger charge is 2.49. The summed E-state index contributed by atoms with van der Waals surface area (Å²) in [7, 11) is 0. The molecule has 2 aromatic rings. The third-order valence-electron chi connectivity index (χ3n) is 4.95. The molecule has 2 aromatic carbocycles. The summed E-state index contributed by atoms with van der Waals surface area (Å²) in [6.07, 6.45) is 0. The highest BCUT2D eigenvalue weighted by atomic mass is 16.5. The maximum Gasteiger partial charge on any atom is 0.325 e. The van der Waals surface area contributed by atoms with Crippen molar-refractivity contribution in [3.8, 4) is 11.5 Å². The molecule has 1 unspecified atom stereocenters. The SMILES string of the molecule is C=C(C)COc1ccc(C2(C)NC(=O)N(CC(=O)Nc3ccccc3OCC)C2=O)cc1. The monoisotopic (exact) mass is 437 g/mol. The first-order valence-corrected chi connectivity index (χ1v) is 10.3. The van der Waals surface area contributed by atoms with Crippen LogP contribution >= 0.6 is 0 Å². The minimum Gasteiger partial charge on any atom is -0.492 e. The van der Waals surface area contributed by atoms with E-state index in [0.29, 0.717) is 36.0 Å². The number of imide groups is 1. The van der Waals surface area contributed by atoms with Crippen molar-refractivity contribution in [3.63, 3.8) is 0 Å². The number of para-hydroxylation sites is 2. The van der Waals surface area contributed by atoms with Crippen LogP contribution < -0.4 is 20.1 Å². The smallest absolute Gasteiger partial charge is 0.325 e. The van der Waals surface area contributed by atoms with Crippen LogP contribution in [0.2, 0.25) is 0 Å². The quantitative estimate of drug-likeness (QED) is 0.463. The zero-order valence-electron chi connectivity index (χ0n) is 18.4. The molecule has 8 nitrogen and oxygen atoms in total. The van der Waals surface area contributed by atoms with Crippen LogP contribution in [0.25, 0.3) is 0 Å². The van der Waals surface area contributed by atoms with E-state index in [2.05, 4.69) is 17.2 Å². The van der Waals surface area contributed by atoms with Gasteiger partial charge < -0.3 is 20.1 Å². The Morgan fingerprint density at radius 3 is 2.47 bits per heavy atom. The minimum atomic E-state index is -1.28. The zero-order chi connectivity index (χ0) is 23.3. The van der Waals surface area contributed by atoms with Gasteiger partial charge in [-0.2, -0.15) is 0 Å². The molecule has 0 radical (unpaired) electrons. The second-order valence-corrected chi connectivity index (χ2v) is 7.69. The highest BCUT2D eigenvalue weighted by molar-refractivity contribution is 6.10. The van der Waals surface area contributed by atoms with Crippen molar-refractivity contribution in [3.05, 3.63) is 66.2 Å². The number of urea groups is 1. The van der Waals surface area contributed by atoms with Crippen LogP contribution in [0, 0.1) is 0 Å². The van der Waals surface area contributed by atoms with Gasteiger partial charge in [0.05, 0.1) is 12.3 Å². The molecule has 1 aliphatic rings. The van der Waals surface area contributed by atoms with Gasteiger partial charge in [0.1, 0.15) is 30.2 Å². The summed E-state index contributed by atoms with van der Waals surface area (Å²) >= 11 is 0. The molecule has 0 bridgehead atoms. The molecule has 168 valence electrons. The van der Waals surface area contributed by atoms with E-state index in [1.807, 2.05) is 13.8 Å². The molecule has 1 heterocycles. The maximum absolute atomic E-state index is 13.1. The Morgan fingerprint density at radius 1 is 1.12 bits per heavy atom. The van der Waals surface area contributed by atoms with E-state index in [1.54, 1.807) is 55.5 Å². The average Bonchev–Trinajstić information content (AvgIpc) is 2.98. The first-order chi connectivity index (χ1) is 15.2. The molecule has 2 N–H and O–H groups in total. The van der Waals surface area contributed by atoms with Gasteiger partial charge in [-0.15, -0.1) is 0 Å². The topological polar surface area (TPSA) is 97.0 Å². The van der Waals surface area contributed by atoms with E-state index in [-0.39, 0.29) is 0 Å². The van der Waals surface area contributed by atoms with Crippen molar-refractivity contribution in [1.82, 2.24) is 10.2 Å². The van der Waals surface area contributed by atoms with Crippen molar-refractivity contribution < 1.29 is 23.9 Å². The fraction of sp³-hybridized carbons (Fsp3) is 0.292. The molecule has 32 heavy (non-hydrogen) atoms. The average molecular weight is 437 g/mol. The number of rotatable bonds is 9. The molecular formula is C24H27N3O5. The number of anilines is 1. The van der Waals surface area contributed by atoms with E-state index in [4.69, 9.17) is 9.47 Å². The minimum absolute atomic E-state index is 0.390. The van der Waals surface area contributed by atoms with E-state index in [0.717, 1.165) is 10.5 Å². The predicted octanol–water partition coefficient (Wildman–Crippen LogP) is 3.45. The van der Waals surface area contributed by atoms with Gasteiger partial charge in [0, 0.05) is 0 Å². The number of nitrogens with zero attached hydrogens (tertiary/aromatic N) is 1. The normalized spacial score (nSPS) is 17.7. The second-order valence-electron chi connectivity index (χ2n) is 7.69. The number of carbonyl (C=O) groups is 3. The fourth-order valence-corrected chi connectivity index (χ4v) is 3.31. The third kappa shape index (κ3) is 4.91. The zero-order valence-corrected chi connectivity index (χ0v) is 18.4. The van der Waals surface area contributed by atoms with Crippen molar-refractivity contribution in [2.24, 2.45) is 0 Å². The number of carbonyl (C=O) groups excluding carboxylic acids is 3. The highest BCUT2D eigenvalue weighted by Crippen LogP contribution is 2.30. The van der Waals surface area contributed by atoms with Crippen molar-refractivity contribution in [2.45, 2.75) is 26.3 Å². The molecule has 0 spiro atoms. The van der Waals surface area contributed by atoms with Gasteiger partial charge in [-0.3, -0.25) is 14.5 Å². The Hall–Kier alpha value is -3.81. The van der Waals surface area contributed by atoms with E-state index >= 15 is 0 Å². The van der Waals surface area contributed by atoms with E-state index < -0.39 is 29.9 Å². The Morgan fingerprint density at radius 2 is 1.81 bits per heavy atom. The number of ether oxygens (including phenoxy) is 2. The molecule has 1 fully saturated rings. The second kappa shape index (κ2) is 9.55. The summed E-state index contributed by atoms with van der Waals surface area (Å²) in [6, 6.07) is 13.2. The Bertz CT molecular complexity index is 1030. The molecule has 0 aromatic heterocycles. The Balaban J connectivity index is 1.70. The summed E-state index contributed by atoms with van der Waals surface area (Å²) in [4.78, 5) is 39.1. The Kier molecular flexibility index (Phi) is 6.82. The lowest BCUT2D eigenvalue weighted by atomic mass is 9.92. The lowest BCUT2D eigenvalue weighted by Gasteiger charge is -2.22.